The van der Waals surface area contributed by atoms with E-state index in [2.05, 4.69) is 20.6 Å². The zero-order chi connectivity index (χ0) is 20.6. The molecule has 3 rings (SSSR count). The number of carbonyl (C=O) groups is 2. The van der Waals surface area contributed by atoms with Crippen LogP contribution >= 0.6 is 11.8 Å². The molecule has 1 N–H and O–H groups in total. The Balaban J connectivity index is 1.66. The highest BCUT2D eigenvalue weighted by molar-refractivity contribution is 8.00. The SMILES string of the molecule is CCOC(=O)[C@H](CC)Sc1ccc2nnc(CCNC(=O)c3ccccc3)n2n1. The molecule has 0 fully saturated rings. The van der Waals surface area contributed by atoms with Gasteiger partial charge in [0, 0.05) is 18.5 Å². The number of amides is 1. The van der Waals surface area contributed by atoms with Gasteiger partial charge < -0.3 is 10.1 Å². The molecule has 29 heavy (non-hydrogen) atoms. The van der Waals surface area contributed by atoms with Gasteiger partial charge in [-0.25, -0.2) is 0 Å². The third-order valence-corrected chi connectivity index (χ3v) is 5.43. The first kappa shape index (κ1) is 20.8. The van der Waals surface area contributed by atoms with Crippen LogP contribution < -0.4 is 5.32 Å². The van der Waals surface area contributed by atoms with Crippen molar-refractivity contribution in [3.05, 3.63) is 53.9 Å². The molecule has 0 saturated carbocycles. The highest BCUT2D eigenvalue weighted by Crippen LogP contribution is 2.24. The minimum absolute atomic E-state index is 0.135. The minimum atomic E-state index is -0.315. The molecule has 0 unspecified atom stereocenters. The molecule has 9 heteroatoms. The first-order valence-electron chi connectivity index (χ1n) is 9.50. The zero-order valence-electron chi connectivity index (χ0n) is 16.4. The number of ether oxygens (including phenoxy) is 1. The fourth-order valence-electron chi connectivity index (χ4n) is 2.69. The molecule has 1 aromatic carbocycles. The number of thioether (sulfide) groups is 1. The van der Waals surface area contributed by atoms with Crippen molar-refractivity contribution in [2.24, 2.45) is 0 Å². The molecule has 2 heterocycles. The van der Waals surface area contributed by atoms with Gasteiger partial charge in [0.1, 0.15) is 10.3 Å². The topological polar surface area (TPSA) is 98.5 Å². The fourth-order valence-corrected chi connectivity index (χ4v) is 3.59. The van der Waals surface area contributed by atoms with E-state index in [0.29, 0.717) is 48.1 Å². The predicted octanol–water partition coefficient (Wildman–Crippen LogP) is 2.53. The normalized spacial score (nSPS) is 11.9. The number of rotatable bonds is 9. The quantitative estimate of drug-likeness (QED) is 0.425. The number of nitrogens with one attached hydrogen (secondary N) is 1. The maximum atomic E-state index is 12.1. The van der Waals surface area contributed by atoms with E-state index in [1.807, 2.05) is 37.3 Å². The van der Waals surface area contributed by atoms with Gasteiger partial charge in [-0.05, 0) is 37.6 Å². The van der Waals surface area contributed by atoms with E-state index >= 15 is 0 Å². The Hall–Kier alpha value is -2.94. The van der Waals surface area contributed by atoms with Crippen LogP contribution in [0.25, 0.3) is 5.65 Å². The van der Waals surface area contributed by atoms with Crippen LogP contribution in [0.5, 0.6) is 0 Å². The van der Waals surface area contributed by atoms with Gasteiger partial charge in [0.25, 0.3) is 5.91 Å². The molecule has 0 aliphatic carbocycles. The van der Waals surface area contributed by atoms with Crippen molar-refractivity contribution in [2.75, 3.05) is 13.2 Å². The second-order valence-electron chi connectivity index (χ2n) is 6.20. The lowest BCUT2D eigenvalue weighted by molar-refractivity contribution is -0.142. The van der Waals surface area contributed by atoms with Crippen LogP contribution in [0.4, 0.5) is 0 Å². The summed E-state index contributed by atoms with van der Waals surface area (Å²) in [4.78, 5) is 24.2. The van der Waals surface area contributed by atoms with E-state index in [4.69, 9.17) is 4.74 Å². The number of esters is 1. The third-order valence-electron chi connectivity index (χ3n) is 4.16. The van der Waals surface area contributed by atoms with Crippen molar-refractivity contribution in [3.8, 4) is 0 Å². The summed E-state index contributed by atoms with van der Waals surface area (Å²) >= 11 is 1.36. The number of hydrogen-bond acceptors (Lipinski definition) is 7. The highest BCUT2D eigenvalue weighted by Gasteiger charge is 2.20. The number of nitrogens with zero attached hydrogens (tertiary/aromatic N) is 4. The lowest BCUT2D eigenvalue weighted by atomic mass is 10.2. The fraction of sp³-hybridized carbons (Fsp3) is 0.350. The van der Waals surface area contributed by atoms with E-state index in [1.165, 1.54) is 11.8 Å². The van der Waals surface area contributed by atoms with Crippen LogP contribution in [0.2, 0.25) is 0 Å². The van der Waals surface area contributed by atoms with E-state index in [9.17, 15) is 9.59 Å². The maximum Gasteiger partial charge on any atom is 0.319 e. The van der Waals surface area contributed by atoms with Crippen LogP contribution in [0, 0.1) is 0 Å². The molecule has 3 aromatic rings. The summed E-state index contributed by atoms with van der Waals surface area (Å²) in [6.45, 7) is 4.49. The Morgan fingerprint density at radius 1 is 1.14 bits per heavy atom. The number of hydrogen-bond donors (Lipinski definition) is 1. The van der Waals surface area contributed by atoms with Gasteiger partial charge in [0.05, 0.1) is 6.61 Å². The number of fused-ring (bicyclic) bond motifs is 1. The van der Waals surface area contributed by atoms with Gasteiger partial charge in [-0.15, -0.1) is 10.2 Å². The standard InChI is InChI=1S/C20H23N5O3S/c1-3-15(20(27)28-4-2)29-18-11-10-16-22-23-17(25(16)24-18)12-13-21-19(26)14-8-6-5-7-9-14/h5-11,15H,3-4,12-13H2,1-2H3,(H,21,26)/t15-/m0/s1. The molecule has 1 amide bonds. The average molecular weight is 414 g/mol. The van der Waals surface area contributed by atoms with Crippen molar-refractivity contribution in [2.45, 2.75) is 37.0 Å². The Bertz CT molecular complexity index is 977. The number of benzene rings is 1. The number of aromatic nitrogens is 4. The molecular formula is C20H23N5O3S. The van der Waals surface area contributed by atoms with Crippen molar-refractivity contribution >= 4 is 29.3 Å². The molecule has 152 valence electrons. The van der Waals surface area contributed by atoms with Crippen molar-refractivity contribution < 1.29 is 14.3 Å². The summed E-state index contributed by atoms with van der Waals surface area (Å²) in [7, 11) is 0. The molecule has 0 aliphatic heterocycles. The van der Waals surface area contributed by atoms with E-state index < -0.39 is 0 Å². The van der Waals surface area contributed by atoms with Crippen molar-refractivity contribution in [1.29, 1.82) is 0 Å². The monoisotopic (exact) mass is 413 g/mol. The van der Waals surface area contributed by atoms with Gasteiger partial charge in [-0.2, -0.15) is 9.61 Å². The van der Waals surface area contributed by atoms with Crippen LogP contribution in [0.15, 0.2) is 47.5 Å². The first-order chi connectivity index (χ1) is 14.1. The van der Waals surface area contributed by atoms with Gasteiger partial charge in [-0.1, -0.05) is 36.9 Å². The summed E-state index contributed by atoms with van der Waals surface area (Å²) in [6, 6.07) is 12.7. The molecular weight excluding hydrogens is 390 g/mol. The lowest BCUT2D eigenvalue weighted by Gasteiger charge is -2.12. The number of carbonyl (C=O) groups excluding carboxylic acids is 2. The Labute approximate surface area is 173 Å². The second-order valence-corrected chi connectivity index (χ2v) is 7.42. The van der Waals surface area contributed by atoms with Crippen LogP contribution in [-0.4, -0.2) is 50.1 Å². The van der Waals surface area contributed by atoms with Gasteiger partial charge in [0.2, 0.25) is 0 Å². The molecule has 0 radical (unpaired) electrons. The molecule has 8 nitrogen and oxygen atoms in total. The second kappa shape index (κ2) is 10.0. The van der Waals surface area contributed by atoms with E-state index in [-0.39, 0.29) is 17.1 Å². The highest BCUT2D eigenvalue weighted by atomic mass is 32.2. The van der Waals surface area contributed by atoms with Crippen LogP contribution in [0.3, 0.4) is 0 Å². The maximum absolute atomic E-state index is 12.1. The summed E-state index contributed by atoms with van der Waals surface area (Å²) in [5.41, 5.74) is 1.22. The van der Waals surface area contributed by atoms with Crippen molar-refractivity contribution in [1.82, 2.24) is 25.1 Å². The summed E-state index contributed by atoms with van der Waals surface area (Å²) in [5.74, 6) is 0.262. The van der Waals surface area contributed by atoms with Gasteiger partial charge in [0.15, 0.2) is 11.5 Å². The van der Waals surface area contributed by atoms with Gasteiger partial charge >= 0.3 is 5.97 Å². The molecule has 0 saturated heterocycles. The summed E-state index contributed by atoms with van der Waals surface area (Å²) in [5, 5.41) is 16.1. The Morgan fingerprint density at radius 3 is 2.66 bits per heavy atom. The summed E-state index contributed by atoms with van der Waals surface area (Å²) in [6.07, 6.45) is 1.12. The van der Waals surface area contributed by atoms with Crippen molar-refractivity contribution in [3.63, 3.8) is 0 Å². The van der Waals surface area contributed by atoms with E-state index in [0.717, 1.165) is 0 Å². The molecule has 0 spiro atoms. The van der Waals surface area contributed by atoms with Crippen LogP contribution in [-0.2, 0) is 16.0 Å². The molecule has 1 atom stereocenters. The smallest absolute Gasteiger partial charge is 0.319 e. The van der Waals surface area contributed by atoms with Gasteiger partial charge in [-0.3, -0.25) is 9.59 Å². The average Bonchev–Trinajstić information content (AvgIpc) is 3.15. The zero-order valence-corrected chi connectivity index (χ0v) is 17.2. The Morgan fingerprint density at radius 2 is 1.93 bits per heavy atom. The molecule has 2 aromatic heterocycles. The first-order valence-corrected chi connectivity index (χ1v) is 10.4. The van der Waals surface area contributed by atoms with Crippen LogP contribution in [0.1, 0.15) is 36.5 Å². The minimum Gasteiger partial charge on any atom is -0.465 e. The lowest BCUT2D eigenvalue weighted by Crippen LogP contribution is -2.26. The van der Waals surface area contributed by atoms with E-state index in [1.54, 1.807) is 23.6 Å². The largest absolute Gasteiger partial charge is 0.465 e. The molecule has 0 bridgehead atoms. The Kier molecular flexibility index (Phi) is 7.18. The third kappa shape index (κ3) is 5.32. The molecule has 0 aliphatic rings. The summed E-state index contributed by atoms with van der Waals surface area (Å²) < 4.78 is 6.76. The predicted molar refractivity (Wildman–Crippen MR) is 110 cm³/mol.